The van der Waals surface area contributed by atoms with Crippen LogP contribution < -0.4 is 16.0 Å². The molecule has 0 saturated heterocycles. The molecule has 2 unspecified atom stereocenters. The van der Waals surface area contributed by atoms with Crippen LogP contribution in [0.25, 0.3) is 0 Å². The average molecular weight is 476 g/mol. The van der Waals surface area contributed by atoms with Gasteiger partial charge in [0.1, 0.15) is 0 Å². The molecule has 0 spiro atoms. The number of benzene rings is 1. The van der Waals surface area contributed by atoms with Crippen molar-refractivity contribution in [3.8, 4) is 0 Å². The molecule has 1 aliphatic rings. The summed E-state index contributed by atoms with van der Waals surface area (Å²) in [5.41, 5.74) is 1.11. The highest BCUT2D eigenvalue weighted by atomic mass is 127. The quantitative estimate of drug-likeness (QED) is 0.322. The Labute approximate surface area is 172 Å². The smallest absolute Gasteiger partial charge is 0.222 e. The molecule has 1 fully saturated rings. The number of halogens is 1. The minimum Gasteiger partial charge on any atom is -0.356 e. The molecular formula is C18H29IN4OS. The number of amides is 1. The van der Waals surface area contributed by atoms with Gasteiger partial charge in [0.25, 0.3) is 0 Å². The van der Waals surface area contributed by atoms with Gasteiger partial charge in [0.05, 0.1) is 0 Å². The van der Waals surface area contributed by atoms with Crippen molar-refractivity contribution in [1.29, 1.82) is 0 Å². The molecule has 5 nitrogen and oxygen atoms in total. The van der Waals surface area contributed by atoms with Crippen molar-refractivity contribution >= 4 is 47.6 Å². The van der Waals surface area contributed by atoms with Gasteiger partial charge in [-0.25, -0.2) is 0 Å². The fourth-order valence-corrected chi connectivity index (χ4v) is 3.65. The average Bonchev–Trinajstić information content (AvgIpc) is 3.07. The van der Waals surface area contributed by atoms with Crippen molar-refractivity contribution in [3.63, 3.8) is 0 Å². The van der Waals surface area contributed by atoms with E-state index in [1.54, 1.807) is 7.05 Å². The predicted molar refractivity (Wildman–Crippen MR) is 118 cm³/mol. The molecule has 0 heterocycles. The van der Waals surface area contributed by atoms with Gasteiger partial charge in [-0.2, -0.15) is 11.8 Å². The van der Waals surface area contributed by atoms with Crippen LogP contribution in [0.15, 0.2) is 35.3 Å². The Bertz CT molecular complexity index is 541. The highest BCUT2D eigenvalue weighted by molar-refractivity contribution is 14.0. The third kappa shape index (κ3) is 8.31. The lowest BCUT2D eigenvalue weighted by molar-refractivity contribution is -0.121. The second-order valence-electron chi connectivity index (χ2n) is 6.02. The first-order valence-corrected chi connectivity index (χ1v) is 9.80. The van der Waals surface area contributed by atoms with Gasteiger partial charge in [-0.3, -0.25) is 9.79 Å². The Hall–Kier alpha value is -0.960. The number of guanidine groups is 1. The molecule has 3 N–H and O–H groups in total. The predicted octanol–water partition coefficient (Wildman–Crippen LogP) is 2.76. The number of hydrogen-bond donors (Lipinski definition) is 3. The number of nitrogens with one attached hydrogen (secondary N) is 3. The Morgan fingerprint density at radius 3 is 2.64 bits per heavy atom. The van der Waals surface area contributed by atoms with Crippen LogP contribution in [0, 0.1) is 0 Å². The third-order valence-electron chi connectivity index (χ3n) is 4.26. The third-order valence-corrected chi connectivity index (χ3v) is 5.35. The maximum atomic E-state index is 11.9. The summed E-state index contributed by atoms with van der Waals surface area (Å²) in [5, 5.41) is 10.4. The summed E-state index contributed by atoms with van der Waals surface area (Å²) in [6, 6.07) is 10.4. The van der Waals surface area contributed by atoms with E-state index in [1.807, 2.05) is 42.1 Å². The van der Waals surface area contributed by atoms with Gasteiger partial charge in [0, 0.05) is 37.8 Å². The summed E-state index contributed by atoms with van der Waals surface area (Å²) in [6.07, 6.45) is 6.24. The topological polar surface area (TPSA) is 65.5 Å². The van der Waals surface area contributed by atoms with Crippen molar-refractivity contribution < 1.29 is 4.79 Å². The van der Waals surface area contributed by atoms with Crippen LogP contribution in [0.3, 0.4) is 0 Å². The second-order valence-corrected chi connectivity index (χ2v) is 7.16. The summed E-state index contributed by atoms with van der Waals surface area (Å²) in [4.78, 5) is 16.1. The first-order chi connectivity index (χ1) is 11.7. The minimum atomic E-state index is 0. The fraction of sp³-hybridized carbons (Fsp3) is 0.556. The summed E-state index contributed by atoms with van der Waals surface area (Å²) in [7, 11) is 1.77. The van der Waals surface area contributed by atoms with Crippen LogP contribution in [0.5, 0.6) is 0 Å². The first-order valence-electron chi connectivity index (χ1n) is 8.52. The lowest BCUT2D eigenvalue weighted by Gasteiger charge is -2.17. The van der Waals surface area contributed by atoms with Crippen molar-refractivity contribution in [2.45, 2.75) is 43.5 Å². The van der Waals surface area contributed by atoms with Gasteiger partial charge in [-0.05, 0) is 31.1 Å². The largest absolute Gasteiger partial charge is 0.356 e. The number of hydrogen-bond acceptors (Lipinski definition) is 3. The van der Waals surface area contributed by atoms with Crippen molar-refractivity contribution in [2.24, 2.45) is 4.99 Å². The molecule has 2 atom stereocenters. The monoisotopic (exact) mass is 476 g/mol. The standard InChI is InChI=1S/C18H28N4OS.HI/c1-19-18(22-15-8-9-16(12-15)24-2)20-11-10-17(23)21-13-14-6-4-3-5-7-14;/h3-7,15-16H,8-13H2,1-2H3,(H,21,23)(H2,19,20,22);1H. The number of carbonyl (C=O) groups excluding carboxylic acids is 1. The molecule has 1 saturated carbocycles. The molecule has 140 valence electrons. The second kappa shape index (κ2) is 12.4. The van der Waals surface area contributed by atoms with Crippen LogP contribution in [0.4, 0.5) is 0 Å². The first kappa shape index (κ1) is 22.1. The molecule has 2 rings (SSSR count). The van der Waals surface area contributed by atoms with Crippen molar-refractivity contribution in [3.05, 3.63) is 35.9 Å². The summed E-state index contributed by atoms with van der Waals surface area (Å²) in [5.74, 6) is 0.836. The molecule has 0 radical (unpaired) electrons. The number of thioether (sulfide) groups is 1. The van der Waals surface area contributed by atoms with Gasteiger partial charge < -0.3 is 16.0 Å². The van der Waals surface area contributed by atoms with Crippen LogP contribution in [-0.2, 0) is 11.3 Å². The normalized spacial score (nSPS) is 19.8. The maximum Gasteiger partial charge on any atom is 0.222 e. The van der Waals surface area contributed by atoms with E-state index in [-0.39, 0.29) is 29.9 Å². The van der Waals surface area contributed by atoms with Crippen LogP contribution >= 0.6 is 35.7 Å². The summed E-state index contributed by atoms with van der Waals surface area (Å²) >= 11 is 1.94. The van der Waals surface area contributed by atoms with E-state index in [9.17, 15) is 4.79 Å². The fourth-order valence-electron chi connectivity index (χ4n) is 2.85. The molecule has 1 aliphatic carbocycles. The van der Waals surface area contributed by atoms with E-state index in [0.29, 0.717) is 25.6 Å². The van der Waals surface area contributed by atoms with Crippen molar-refractivity contribution in [2.75, 3.05) is 19.8 Å². The van der Waals surface area contributed by atoms with Gasteiger partial charge in [-0.15, -0.1) is 24.0 Å². The lowest BCUT2D eigenvalue weighted by atomic mass is 10.2. The minimum absolute atomic E-state index is 0. The molecular weight excluding hydrogens is 447 g/mol. The van der Waals surface area contributed by atoms with Crippen LogP contribution in [0.2, 0.25) is 0 Å². The van der Waals surface area contributed by atoms with Crippen LogP contribution in [0.1, 0.15) is 31.2 Å². The van der Waals surface area contributed by atoms with Gasteiger partial charge in [0.2, 0.25) is 5.91 Å². The number of nitrogens with zero attached hydrogens (tertiary/aromatic N) is 1. The van der Waals surface area contributed by atoms with Crippen molar-refractivity contribution in [1.82, 2.24) is 16.0 Å². The Morgan fingerprint density at radius 2 is 2.00 bits per heavy atom. The molecule has 0 bridgehead atoms. The zero-order valence-electron chi connectivity index (χ0n) is 15.0. The summed E-state index contributed by atoms with van der Waals surface area (Å²) in [6.45, 7) is 1.16. The number of carbonyl (C=O) groups is 1. The molecule has 1 aromatic rings. The highest BCUT2D eigenvalue weighted by Gasteiger charge is 2.24. The van der Waals surface area contributed by atoms with E-state index in [2.05, 4.69) is 27.2 Å². The van der Waals surface area contributed by atoms with E-state index in [4.69, 9.17) is 0 Å². The van der Waals surface area contributed by atoms with Gasteiger partial charge in [-0.1, -0.05) is 30.3 Å². The number of rotatable bonds is 7. The highest BCUT2D eigenvalue weighted by Crippen LogP contribution is 2.27. The molecule has 7 heteroatoms. The Morgan fingerprint density at radius 1 is 1.24 bits per heavy atom. The molecule has 25 heavy (non-hydrogen) atoms. The zero-order chi connectivity index (χ0) is 17.2. The van der Waals surface area contributed by atoms with E-state index in [0.717, 1.165) is 16.8 Å². The van der Waals surface area contributed by atoms with Crippen LogP contribution in [-0.4, -0.2) is 43.0 Å². The molecule has 1 amide bonds. The summed E-state index contributed by atoms with van der Waals surface area (Å²) < 4.78 is 0. The van der Waals surface area contributed by atoms with Gasteiger partial charge in [0.15, 0.2) is 5.96 Å². The van der Waals surface area contributed by atoms with Gasteiger partial charge >= 0.3 is 0 Å². The molecule has 0 aromatic heterocycles. The lowest BCUT2D eigenvalue weighted by Crippen LogP contribution is -2.43. The Kier molecular flexibility index (Phi) is 11.0. The zero-order valence-corrected chi connectivity index (χ0v) is 18.1. The van der Waals surface area contributed by atoms with E-state index < -0.39 is 0 Å². The van der Waals surface area contributed by atoms with E-state index >= 15 is 0 Å². The molecule has 0 aliphatic heterocycles. The number of aliphatic imine (C=N–C) groups is 1. The Balaban J connectivity index is 0.00000312. The molecule has 1 aromatic carbocycles. The SMILES string of the molecule is CN=C(NCCC(=O)NCc1ccccc1)NC1CCC(SC)C1.I. The van der Waals surface area contributed by atoms with E-state index in [1.165, 1.54) is 19.3 Å². The maximum absolute atomic E-state index is 11.9.